The van der Waals surface area contributed by atoms with Gasteiger partial charge >= 0.3 is 0 Å². The number of carbonyl (C=O) groups is 1. The van der Waals surface area contributed by atoms with Crippen LogP contribution in [0.3, 0.4) is 0 Å². The van der Waals surface area contributed by atoms with E-state index in [1.807, 2.05) is 28.8 Å². The highest BCUT2D eigenvalue weighted by atomic mass is 32.2. The van der Waals surface area contributed by atoms with Gasteiger partial charge in [-0.25, -0.2) is 17.7 Å². The van der Waals surface area contributed by atoms with Gasteiger partial charge in [0.25, 0.3) is 0 Å². The molecule has 2 aromatic carbocycles. The molecule has 8 nitrogen and oxygen atoms in total. The lowest BCUT2D eigenvalue weighted by Gasteiger charge is -2.15. The Bertz CT molecular complexity index is 1220. The third kappa shape index (κ3) is 4.92. The number of nitrogens with one attached hydrogen (secondary N) is 1. The number of allylic oxidation sites excluding steroid dienone is 1. The zero-order valence-electron chi connectivity index (χ0n) is 17.5. The van der Waals surface area contributed by atoms with Gasteiger partial charge in [-0.2, -0.15) is 0 Å². The zero-order chi connectivity index (χ0) is 22.6. The van der Waals surface area contributed by atoms with Crippen molar-refractivity contribution in [1.29, 1.82) is 0 Å². The number of amides is 1. The number of ether oxygens (including phenoxy) is 1. The molecule has 3 rings (SSSR count). The molecule has 31 heavy (non-hydrogen) atoms. The molecule has 10 heteroatoms. The van der Waals surface area contributed by atoms with Gasteiger partial charge in [-0.05, 0) is 30.3 Å². The van der Waals surface area contributed by atoms with Crippen molar-refractivity contribution in [2.45, 2.75) is 16.6 Å². The summed E-state index contributed by atoms with van der Waals surface area (Å²) in [6.07, 6.45) is 1.78. The molecule has 0 spiro atoms. The topological polar surface area (TPSA) is 93.5 Å². The smallest absolute Gasteiger partial charge is 0.242 e. The lowest BCUT2D eigenvalue weighted by Crippen LogP contribution is -2.22. The van der Waals surface area contributed by atoms with Gasteiger partial charge in [0.05, 0.1) is 34.5 Å². The number of anilines is 1. The molecule has 1 amide bonds. The Kier molecular flexibility index (Phi) is 7.04. The summed E-state index contributed by atoms with van der Waals surface area (Å²) in [6, 6.07) is 12.1. The molecule has 3 aromatic rings. The minimum atomic E-state index is -3.64. The first-order chi connectivity index (χ1) is 14.8. The average Bonchev–Trinajstić information content (AvgIpc) is 3.10. The van der Waals surface area contributed by atoms with Crippen LogP contribution >= 0.6 is 11.8 Å². The lowest BCUT2D eigenvalue weighted by molar-refractivity contribution is -0.113. The maximum Gasteiger partial charge on any atom is 0.242 e. The molecule has 0 bridgehead atoms. The number of carbonyl (C=O) groups excluding carboxylic acids is 1. The van der Waals surface area contributed by atoms with E-state index in [9.17, 15) is 13.2 Å². The molecule has 0 aliphatic carbocycles. The standard InChI is InChI=1S/C21H24N4O4S2/c1-5-12-25-18-9-7-6-8-16(18)23-21(25)30-14-20(26)22-17-13-15(10-11-19(17)29-4)31(27,28)24(2)3/h5-11,13H,1,12,14H2,2-4H3,(H,22,26). The lowest BCUT2D eigenvalue weighted by atomic mass is 10.3. The summed E-state index contributed by atoms with van der Waals surface area (Å²) in [5, 5.41) is 3.44. The quantitative estimate of drug-likeness (QED) is 0.389. The van der Waals surface area contributed by atoms with Crippen LogP contribution < -0.4 is 10.1 Å². The van der Waals surface area contributed by atoms with Crippen LogP contribution in [0.25, 0.3) is 11.0 Å². The Balaban J connectivity index is 1.79. The molecule has 0 aliphatic heterocycles. The van der Waals surface area contributed by atoms with Crippen LogP contribution in [0.1, 0.15) is 0 Å². The summed E-state index contributed by atoms with van der Waals surface area (Å²) in [7, 11) is 0.709. The number of hydrogen-bond acceptors (Lipinski definition) is 6. The van der Waals surface area contributed by atoms with Crippen LogP contribution in [0.4, 0.5) is 5.69 Å². The fourth-order valence-electron chi connectivity index (χ4n) is 2.94. The molecule has 0 fully saturated rings. The number of nitrogens with zero attached hydrogens (tertiary/aromatic N) is 3. The molecular weight excluding hydrogens is 436 g/mol. The summed E-state index contributed by atoms with van der Waals surface area (Å²) in [5.74, 6) is 0.156. The molecule has 0 saturated heterocycles. The van der Waals surface area contributed by atoms with Crippen LogP contribution in [0.15, 0.2) is 65.2 Å². The molecule has 1 heterocycles. The number of aromatic nitrogens is 2. The average molecular weight is 461 g/mol. The fourth-order valence-corrected chi connectivity index (χ4v) is 4.69. The third-order valence-electron chi connectivity index (χ3n) is 4.49. The maximum absolute atomic E-state index is 12.6. The van der Waals surface area contributed by atoms with Crippen molar-refractivity contribution in [3.05, 3.63) is 55.1 Å². The minimum absolute atomic E-state index is 0.0639. The van der Waals surface area contributed by atoms with Gasteiger partial charge in [0, 0.05) is 20.6 Å². The second kappa shape index (κ2) is 9.54. The number of rotatable bonds is 9. The number of para-hydroxylation sites is 2. The number of fused-ring (bicyclic) bond motifs is 1. The first-order valence-electron chi connectivity index (χ1n) is 9.37. The molecule has 1 aromatic heterocycles. The zero-order valence-corrected chi connectivity index (χ0v) is 19.2. The molecule has 0 atom stereocenters. The molecule has 164 valence electrons. The van der Waals surface area contributed by atoms with Crippen LogP contribution in [0.5, 0.6) is 5.75 Å². The predicted molar refractivity (Wildman–Crippen MR) is 123 cm³/mol. The van der Waals surface area contributed by atoms with Gasteiger partial charge in [-0.15, -0.1) is 6.58 Å². The Morgan fingerprint density at radius 3 is 2.71 bits per heavy atom. The van der Waals surface area contributed by atoms with Gasteiger partial charge in [-0.3, -0.25) is 4.79 Å². The van der Waals surface area contributed by atoms with Crippen LogP contribution in [-0.4, -0.2) is 55.1 Å². The fraction of sp³-hybridized carbons (Fsp3) is 0.238. The second-order valence-electron chi connectivity index (χ2n) is 6.77. The van der Waals surface area contributed by atoms with E-state index >= 15 is 0 Å². The van der Waals surface area contributed by atoms with Crippen molar-refractivity contribution in [3.8, 4) is 5.75 Å². The predicted octanol–water partition coefficient (Wildman–Crippen LogP) is 3.21. The van der Waals surface area contributed by atoms with Crippen molar-refractivity contribution in [1.82, 2.24) is 13.9 Å². The number of benzene rings is 2. The highest BCUT2D eigenvalue weighted by molar-refractivity contribution is 7.99. The highest BCUT2D eigenvalue weighted by Crippen LogP contribution is 2.29. The monoisotopic (exact) mass is 460 g/mol. The van der Waals surface area contributed by atoms with E-state index in [0.717, 1.165) is 15.3 Å². The van der Waals surface area contributed by atoms with Crippen molar-refractivity contribution in [2.24, 2.45) is 0 Å². The Labute approximate surface area is 186 Å². The van der Waals surface area contributed by atoms with Gasteiger partial charge in [0.15, 0.2) is 5.16 Å². The minimum Gasteiger partial charge on any atom is -0.495 e. The summed E-state index contributed by atoms with van der Waals surface area (Å²) >= 11 is 1.29. The van der Waals surface area contributed by atoms with Crippen molar-refractivity contribution >= 4 is 44.4 Å². The Hall–Kier alpha value is -2.82. The van der Waals surface area contributed by atoms with Gasteiger partial charge in [-0.1, -0.05) is 30.0 Å². The van der Waals surface area contributed by atoms with E-state index in [1.165, 1.54) is 51.2 Å². The SMILES string of the molecule is C=CCn1c(SCC(=O)Nc2cc(S(=O)(=O)N(C)C)ccc2OC)nc2ccccc21. The van der Waals surface area contributed by atoms with Gasteiger partial charge in [0.1, 0.15) is 5.75 Å². The Morgan fingerprint density at radius 1 is 1.29 bits per heavy atom. The van der Waals surface area contributed by atoms with E-state index in [0.29, 0.717) is 17.5 Å². The first-order valence-corrected chi connectivity index (χ1v) is 11.8. The van der Waals surface area contributed by atoms with Crippen LogP contribution in [0.2, 0.25) is 0 Å². The normalized spacial score (nSPS) is 11.6. The van der Waals surface area contributed by atoms with Crippen molar-refractivity contribution < 1.29 is 17.9 Å². The number of sulfonamides is 1. The highest BCUT2D eigenvalue weighted by Gasteiger charge is 2.20. The summed E-state index contributed by atoms with van der Waals surface area (Å²) in [4.78, 5) is 17.3. The van der Waals surface area contributed by atoms with Gasteiger partial charge in [0.2, 0.25) is 15.9 Å². The largest absolute Gasteiger partial charge is 0.495 e. The summed E-state index contributed by atoms with van der Waals surface area (Å²) in [5.41, 5.74) is 2.10. The van der Waals surface area contributed by atoms with E-state index < -0.39 is 10.0 Å². The first kappa shape index (κ1) is 22.9. The number of imidazole rings is 1. The van der Waals surface area contributed by atoms with Crippen molar-refractivity contribution in [2.75, 3.05) is 32.3 Å². The summed E-state index contributed by atoms with van der Waals surface area (Å²) in [6.45, 7) is 4.36. The molecule has 0 unspecified atom stereocenters. The number of methoxy groups -OCH3 is 1. The number of thioether (sulfide) groups is 1. The number of hydrogen-bond donors (Lipinski definition) is 1. The molecular formula is C21H24N4O4S2. The maximum atomic E-state index is 12.6. The van der Waals surface area contributed by atoms with Crippen molar-refractivity contribution in [3.63, 3.8) is 0 Å². The van der Waals surface area contributed by atoms with E-state index in [1.54, 1.807) is 6.08 Å². The van der Waals surface area contributed by atoms with E-state index in [4.69, 9.17) is 4.74 Å². The van der Waals surface area contributed by atoms with Crippen LogP contribution in [-0.2, 0) is 21.4 Å². The Morgan fingerprint density at radius 2 is 2.03 bits per heavy atom. The van der Waals surface area contributed by atoms with Gasteiger partial charge < -0.3 is 14.6 Å². The second-order valence-corrected chi connectivity index (χ2v) is 9.86. The van der Waals surface area contributed by atoms with Crippen LogP contribution in [0, 0.1) is 0 Å². The molecule has 0 radical (unpaired) electrons. The van der Waals surface area contributed by atoms with E-state index in [2.05, 4.69) is 16.9 Å². The molecule has 0 saturated carbocycles. The molecule has 0 aliphatic rings. The third-order valence-corrected chi connectivity index (χ3v) is 7.27. The molecule has 1 N–H and O–H groups in total. The summed E-state index contributed by atoms with van der Waals surface area (Å²) < 4.78 is 33.2. The van der Waals surface area contributed by atoms with E-state index in [-0.39, 0.29) is 22.2 Å².